The number of ether oxygens (including phenoxy) is 3. The van der Waals surface area contributed by atoms with E-state index in [0.29, 0.717) is 19.3 Å². The summed E-state index contributed by atoms with van der Waals surface area (Å²) in [7, 11) is 0. The van der Waals surface area contributed by atoms with Crippen LogP contribution in [-0.4, -0.2) is 37.2 Å². The summed E-state index contributed by atoms with van der Waals surface area (Å²) in [4.78, 5) is 38.3. The third-order valence-corrected chi connectivity index (χ3v) is 16.6. The summed E-state index contributed by atoms with van der Waals surface area (Å²) >= 11 is 0. The van der Waals surface area contributed by atoms with Crippen LogP contribution in [0.3, 0.4) is 0 Å². The third kappa shape index (κ3) is 68.2. The van der Waals surface area contributed by atoms with Gasteiger partial charge in [-0.2, -0.15) is 0 Å². The van der Waals surface area contributed by atoms with E-state index in [2.05, 4.69) is 69.4 Å². The second kappa shape index (κ2) is 70.9. The molecule has 82 heavy (non-hydrogen) atoms. The first-order chi connectivity index (χ1) is 40.5. The molecule has 0 N–H and O–H groups in total. The average molecular weight is 1150 g/mol. The van der Waals surface area contributed by atoms with Gasteiger partial charge in [0.2, 0.25) is 0 Å². The molecular formula is C76H140O6. The van der Waals surface area contributed by atoms with Gasteiger partial charge in [-0.1, -0.05) is 345 Å². The number of rotatable bonds is 68. The van der Waals surface area contributed by atoms with Crippen molar-refractivity contribution in [1.82, 2.24) is 0 Å². The summed E-state index contributed by atoms with van der Waals surface area (Å²) in [5.74, 6) is -0.846. The van der Waals surface area contributed by atoms with Gasteiger partial charge in [0, 0.05) is 19.3 Å². The summed E-state index contributed by atoms with van der Waals surface area (Å²) in [6.07, 6.45) is 90.3. The standard InChI is InChI=1S/C76H140O6/c1-4-7-10-13-16-19-21-23-25-27-29-31-33-35-37-38-40-41-43-45-47-49-51-53-55-57-60-63-66-69-75(78)81-72-73(71-80-74(77)68-65-62-59-18-15-12-9-6-3)82-76(79)70-67-64-61-58-56-54-52-50-48-46-44-42-39-36-34-32-30-28-26-24-22-20-17-14-11-8-5-2/h21-24,27-30,73H,4-20,25-26,31-72H2,1-3H3/b23-21-,24-22-,29-27-,30-28-. The molecule has 0 saturated carbocycles. The summed E-state index contributed by atoms with van der Waals surface area (Å²) in [5.41, 5.74) is 0. The minimum Gasteiger partial charge on any atom is -0.462 e. The third-order valence-electron chi connectivity index (χ3n) is 16.6. The summed E-state index contributed by atoms with van der Waals surface area (Å²) in [5, 5.41) is 0. The highest BCUT2D eigenvalue weighted by molar-refractivity contribution is 5.71. The first kappa shape index (κ1) is 79.4. The van der Waals surface area contributed by atoms with E-state index < -0.39 is 6.10 Å². The summed E-state index contributed by atoms with van der Waals surface area (Å²) in [6.45, 7) is 6.65. The number of hydrogen-bond acceptors (Lipinski definition) is 6. The van der Waals surface area contributed by atoms with Gasteiger partial charge in [-0.15, -0.1) is 0 Å². The first-order valence-electron chi connectivity index (χ1n) is 36.6. The second-order valence-electron chi connectivity index (χ2n) is 24.9. The fourth-order valence-electron chi connectivity index (χ4n) is 11.0. The van der Waals surface area contributed by atoms with Gasteiger partial charge in [0.15, 0.2) is 6.10 Å². The minimum atomic E-state index is -0.769. The van der Waals surface area contributed by atoms with Gasteiger partial charge in [-0.05, 0) is 83.5 Å². The molecule has 6 nitrogen and oxygen atoms in total. The van der Waals surface area contributed by atoms with Crippen molar-refractivity contribution >= 4 is 17.9 Å². The van der Waals surface area contributed by atoms with Gasteiger partial charge >= 0.3 is 17.9 Å². The van der Waals surface area contributed by atoms with Crippen LogP contribution in [-0.2, 0) is 28.6 Å². The molecule has 0 heterocycles. The molecule has 0 aliphatic heterocycles. The number of unbranched alkanes of at least 4 members (excludes halogenated alkanes) is 49. The maximum Gasteiger partial charge on any atom is 0.306 e. The lowest BCUT2D eigenvalue weighted by Crippen LogP contribution is -2.30. The number of carbonyl (C=O) groups excluding carboxylic acids is 3. The Morgan fingerprint density at radius 2 is 0.439 bits per heavy atom. The van der Waals surface area contributed by atoms with Gasteiger partial charge < -0.3 is 14.2 Å². The van der Waals surface area contributed by atoms with Crippen LogP contribution in [0.1, 0.15) is 400 Å². The van der Waals surface area contributed by atoms with Crippen LogP contribution in [0.4, 0.5) is 0 Å². The fraction of sp³-hybridized carbons (Fsp3) is 0.855. The lowest BCUT2D eigenvalue weighted by atomic mass is 10.0. The van der Waals surface area contributed by atoms with E-state index >= 15 is 0 Å². The highest BCUT2D eigenvalue weighted by atomic mass is 16.6. The van der Waals surface area contributed by atoms with E-state index in [9.17, 15) is 14.4 Å². The van der Waals surface area contributed by atoms with Crippen molar-refractivity contribution in [1.29, 1.82) is 0 Å². The first-order valence-corrected chi connectivity index (χ1v) is 36.6. The molecule has 1 atom stereocenters. The molecule has 0 aromatic rings. The van der Waals surface area contributed by atoms with Crippen LogP contribution in [0.25, 0.3) is 0 Å². The van der Waals surface area contributed by atoms with E-state index in [-0.39, 0.29) is 31.1 Å². The van der Waals surface area contributed by atoms with Gasteiger partial charge in [-0.3, -0.25) is 14.4 Å². The van der Waals surface area contributed by atoms with Crippen LogP contribution in [0, 0.1) is 0 Å². The Bertz CT molecular complexity index is 1410. The quantitative estimate of drug-likeness (QED) is 0.0261. The molecule has 0 rings (SSSR count). The zero-order valence-electron chi connectivity index (χ0n) is 55.3. The van der Waals surface area contributed by atoms with Crippen molar-refractivity contribution in [2.45, 2.75) is 406 Å². The van der Waals surface area contributed by atoms with Crippen molar-refractivity contribution in [3.8, 4) is 0 Å². The fourth-order valence-corrected chi connectivity index (χ4v) is 11.0. The zero-order valence-corrected chi connectivity index (χ0v) is 55.3. The lowest BCUT2D eigenvalue weighted by Gasteiger charge is -2.18. The smallest absolute Gasteiger partial charge is 0.306 e. The molecule has 480 valence electrons. The molecule has 0 spiro atoms. The van der Waals surface area contributed by atoms with Gasteiger partial charge in [0.05, 0.1) is 0 Å². The number of hydrogen-bond donors (Lipinski definition) is 0. The molecule has 0 aliphatic rings. The topological polar surface area (TPSA) is 78.9 Å². The average Bonchev–Trinajstić information content (AvgIpc) is 3.47. The molecule has 0 aromatic carbocycles. The van der Waals surface area contributed by atoms with Crippen molar-refractivity contribution < 1.29 is 28.6 Å². The monoisotopic (exact) mass is 1150 g/mol. The molecule has 0 aromatic heterocycles. The van der Waals surface area contributed by atoms with E-state index in [0.717, 1.165) is 70.6 Å². The Hall–Kier alpha value is -2.63. The lowest BCUT2D eigenvalue weighted by molar-refractivity contribution is -0.167. The normalized spacial score (nSPS) is 12.3. The van der Waals surface area contributed by atoms with Crippen LogP contribution in [0.2, 0.25) is 0 Å². The summed E-state index contributed by atoms with van der Waals surface area (Å²) < 4.78 is 16.9. The number of esters is 3. The zero-order chi connectivity index (χ0) is 59.2. The van der Waals surface area contributed by atoms with Crippen molar-refractivity contribution in [3.63, 3.8) is 0 Å². The maximum atomic E-state index is 12.9. The predicted molar refractivity (Wildman–Crippen MR) is 358 cm³/mol. The molecule has 0 aliphatic carbocycles. The van der Waals surface area contributed by atoms with Crippen molar-refractivity contribution in [2.75, 3.05) is 13.2 Å². The van der Waals surface area contributed by atoms with Crippen LogP contribution < -0.4 is 0 Å². The van der Waals surface area contributed by atoms with Gasteiger partial charge in [0.1, 0.15) is 13.2 Å². The van der Waals surface area contributed by atoms with Crippen LogP contribution in [0.5, 0.6) is 0 Å². The SMILES string of the molecule is CCCCCCC/C=C\C/C=C\CCCCCCCCCCCCCCCCCCCC(=O)OCC(COC(=O)CCCCCCCCCC)OC(=O)CCCCCCCCCCCCCCCCC/C=C\C/C=C\CCCCCCC. The Labute approximate surface area is 511 Å². The summed E-state index contributed by atoms with van der Waals surface area (Å²) in [6, 6.07) is 0. The molecule has 0 amide bonds. The Morgan fingerprint density at radius 1 is 0.244 bits per heavy atom. The second-order valence-corrected chi connectivity index (χ2v) is 24.9. The molecule has 0 saturated heterocycles. The molecule has 6 heteroatoms. The van der Waals surface area contributed by atoms with E-state index in [4.69, 9.17) is 14.2 Å². The molecule has 0 radical (unpaired) electrons. The highest BCUT2D eigenvalue weighted by Gasteiger charge is 2.19. The molecule has 0 fully saturated rings. The Balaban J connectivity index is 4.05. The van der Waals surface area contributed by atoms with Gasteiger partial charge in [0.25, 0.3) is 0 Å². The molecular weight excluding hydrogens is 1010 g/mol. The van der Waals surface area contributed by atoms with E-state index in [1.54, 1.807) is 0 Å². The van der Waals surface area contributed by atoms with Crippen molar-refractivity contribution in [3.05, 3.63) is 48.6 Å². The van der Waals surface area contributed by atoms with E-state index in [1.165, 1.54) is 289 Å². The number of allylic oxidation sites excluding steroid dienone is 8. The largest absolute Gasteiger partial charge is 0.462 e. The number of carbonyl (C=O) groups is 3. The molecule has 0 bridgehead atoms. The highest BCUT2D eigenvalue weighted by Crippen LogP contribution is 2.18. The van der Waals surface area contributed by atoms with Gasteiger partial charge in [-0.25, -0.2) is 0 Å². The Kier molecular flexibility index (Phi) is 68.6. The Morgan fingerprint density at radius 3 is 0.671 bits per heavy atom. The van der Waals surface area contributed by atoms with Crippen LogP contribution >= 0.6 is 0 Å². The van der Waals surface area contributed by atoms with Crippen LogP contribution in [0.15, 0.2) is 48.6 Å². The predicted octanol–water partition coefficient (Wildman–Crippen LogP) is 25.3. The molecule has 1 unspecified atom stereocenters. The maximum absolute atomic E-state index is 12.9. The van der Waals surface area contributed by atoms with E-state index in [1.807, 2.05) is 0 Å². The van der Waals surface area contributed by atoms with Crippen molar-refractivity contribution in [2.24, 2.45) is 0 Å². The minimum absolute atomic E-state index is 0.0676.